The summed E-state index contributed by atoms with van der Waals surface area (Å²) < 4.78 is 7.10. The van der Waals surface area contributed by atoms with Crippen LogP contribution in [0.4, 0.5) is 0 Å². The number of nitrogens with zero attached hydrogens (tertiary/aromatic N) is 4. The first-order valence-electron chi connectivity index (χ1n) is 8.97. The Bertz CT molecular complexity index is 828. The Kier molecular flexibility index (Phi) is 4.81. The number of aryl methyl sites for hydroxylation is 1. The van der Waals surface area contributed by atoms with Crippen LogP contribution in [-0.2, 0) is 6.54 Å². The molecule has 2 N–H and O–H groups in total. The minimum absolute atomic E-state index is 0.159. The van der Waals surface area contributed by atoms with E-state index in [1.54, 1.807) is 6.20 Å². The summed E-state index contributed by atoms with van der Waals surface area (Å²) in [6.45, 7) is 3.35. The highest BCUT2D eigenvalue weighted by atomic mass is 16.5. The van der Waals surface area contributed by atoms with Crippen molar-refractivity contribution in [1.82, 2.24) is 25.2 Å². The van der Waals surface area contributed by atoms with E-state index in [1.165, 1.54) is 5.56 Å². The molecule has 1 fully saturated rings. The summed E-state index contributed by atoms with van der Waals surface area (Å²) in [5, 5.41) is 21.9. The molecule has 0 spiro atoms. The number of rotatable bonds is 6. The molecule has 7 nitrogen and oxygen atoms in total. The maximum Gasteiger partial charge on any atom is 0.229 e. The molecule has 0 amide bonds. The van der Waals surface area contributed by atoms with Gasteiger partial charge in [-0.3, -0.25) is 0 Å². The zero-order valence-electron chi connectivity index (χ0n) is 14.7. The molecule has 0 radical (unpaired) electrons. The van der Waals surface area contributed by atoms with Gasteiger partial charge in [-0.1, -0.05) is 17.3 Å². The molecule has 0 unspecified atom stereocenters. The molecule has 0 bridgehead atoms. The number of aliphatic hydroxyl groups is 1. The average molecular weight is 353 g/mol. The van der Waals surface area contributed by atoms with E-state index in [0.717, 1.165) is 25.2 Å². The van der Waals surface area contributed by atoms with Gasteiger partial charge in [0.15, 0.2) is 5.82 Å². The molecule has 26 heavy (non-hydrogen) atoms. The highest BCUT2D eigenvalue weighted by Crippen LogP contribution is 2.37. The second kappa shape index (κ2) is 7.39. The first kappa shape index (κ1) is 16.9. The second-order valence-corrected chi connectivity index (χ2v) is 6.92. The summed E-state index contributed by atoms with van der Waals surface area (Å²) in [6, 6.07) is 10.2. The molecular formula is C19H23N5O2. The lowest BCUT2D eigenvalue weighted by molar-refractivity contribution is 0.130. The fourth-order valence-corrected chi connectivity index (χ4v) is 3.59. The average Bonchev–Trinajstić information content (AvgIpc) is 3.38. The molecule has 3 aromatic rings. The van der Waals surface area contributed by atoms with Crippen molar-refractivity contribution in [3.05, 3.63) is 60.0 Å². The normalized spacial score (nSPS) is 22.8. The third-order valence-electron chi connectivity index (χ3n) is 4.99. The fourth-order valence-electron chi connectivity index (χ4n) is 3.59. The highest BCUT2D eigenvalue weighted by molar-refractivity contribution is 5.33. The lowest BCUT2D eigenvalue weighted by Crippen LogP contribution is -2.27. The van der Waals surface area contributed by atoms with E-state index >= 15 is 0 Å². The van der Waals surface area contributed by atoms with Crippen LogP contribution in [0.1, 0.15) is 36.0 Å². The van der Waals surface area contributed by atoms with Crippen molar-refractivity contribution < 1.29 is 9.63 Å². The summed E-state index contributed by atoms with van der Waals surface area (Å²) >= 11 is 0. The summed E-state index contributed by atoms with van der Waals surface area (Å²) in [5.74, 6) is 1.66. The van der Waals surface area contributed by atoms with Gasteiger partial charge >= 0.3 is 0 Å². The van der Waals surface area contributed by atoms with Gasteiger partial charge in [-0.2, -0.15) is 10.1 Å². The Balaban J connectivity index is 1.28. The topological polar surface area (TPSA) is 89.0 Å². The predicted molar refractivity (Wildman–Crippen MR) is 95.8 cm³/mol. The number of benzene rings is 1. The van der Waals surface area contributed by atoms with Crippen molar-refractivity contribution in [3.63, 3.8) is 0 Å². The zero-order chi connectivity index (χ0) is 17.9. The SMILES string of the molecule is Cc1noc([C@H]2C[C@H](CNCc3ccc(-n4cccn4)cc3)[C@H](O)C2)n1. The number of aliphatic hydroxyl groups excluding tert-OH is 1. The molecule has 2 heterocycles. The minimum Gasteiger partial charge on any atom is -0.393 e. The lowest BCUT2D eigenvalue weighted by atomic mass is 10.0. The number of hydrogen-bond acceptors (Lipinski definition) is 6. The van der Waals surface area contributed by atoms with Crippen LogP contribution in [0.5, 0.6) is 0 Å². The van der Waals surface area contributed by atoms with E-state index in [1.807, 2.05) is 23.9 Å². The highest BCUT2D eigenvalue weighted by Gasteiger charge is 2.36. The molecule has 0 saturated heterocycles. The van der Waals surface area contributed by atoms with Gasteiger partial charge in [0.25, 0.3) is 0 Å². The number of nitrogens with one attached hydrogen (secondary N) is 1. The van der Waals surface area contributed by atoms with E-state index in [4.69, 9.17) is 4.52 Å². The van der Waals surface area contributed by atoms with Gasteiger partial charge in [0.2, 0.25) is 5.89 Å². The zero-order valence-corrected chi connectivity index (χ0v) is 14.7. The maximum absolute atomic E-state index is 10.3. The van der Waals surface area contributed by atoms with Crippen LogP contribution in [0.3, 0.4) is 0 Å². The maximum atomic E-state index is 10.3. The van der Waals surface area contributed by atoms with Crippen molar-refractivity contribution in [2.24, 2.45) is 5.92 Å². The molecule has 4 rings (SSSR count). The predicted octanol–water partition coefficient (Wildman–Crippen LogP) is 2.21. The van der Waals surface area contributed by atoms with E-state index in [-0.39, 0.29) is 17.9 Å². The largest absolute Gasteiger partial charge is 0.393 e. The van der Waals surface area contributed by atoms with Gasteiger partial charge in [0, 0.05) is 31.4 Å². The fraction of sp³-hybridized carbons (Fsp3) is 0.421. The van der Waals surface area contributed by atoms with E-state index in [2.05, 4.69) is 44.8 Å². The third-order valence-corrected chi connectivity index (χ3v) is 4.99. The first-order chi connectivity index (χ1) is 12.7. The van der Waals surface area contributed by atoms with Crippen molar-refractivity contribution in [2.75, 3.05) is 6.54 Å². The molecule has 3 atom stereocenters. The van der Waals surface area contributed by atoms with Crippen molar-refractivity contribution in [1.29, 1.82) is 0 Å². The van der Waals surface area contributed by atoms with E-state index in [9.17, 15) is 5.11 Å². The Morgan fingerprint density at radius 3 is 2.81 bits per heavy atom. The van der Waals surface area contributed by atoms with Crippen LogP contribution in [0.15, 0.2) is 47.2 Å². The second-order valence-electron chi connectivity index (χ2n) is 6.92. The summed E-state index contributed by atoms with van der Waals surface area (Å²) in [5.41, 5.74) is 2.25. The molecule has 1 aliphatic rings. The third kappa shape index (κ3) is 3.68. The lowest BCUT2D eigenvalue weighted by Gasteiger charge is -2.15. The Morgan fingerprint density at radius 1 is 1.27 bits per heavy atom. The van der Waals surface area contributed by atoms with Crippen LogP contribution in [0, 0.1) is 12.8 Å². The Labute approximate surface area is 152 Å². The minimum atomic E-state index is -0.332. The monoisotopic (exact) mass is 353 g/mol. The van der Waals surface area contributed by atoms with Crippen molar-refractivity contribution >= 4 is 0 Å². The van der Waals surface area contributed by atoms with Crippen molar-refractivity contribution in [2.45, 2.75) is 38.3 Å². The molecule has 1 saturated carbocycles. The van der Waals surface area contributed by atoms with Gasteiger partial charge in [0.1, 0.15) is 0 Å². The Hall–Kier alpha value is -2.51. The standard InChI is InChI=1S/C19H23N5O2/c1-13-22-19(26-23-13)15-9-16(18(25)10-15)12-20-11-14-3-5-17(6-4-14)24-8-2-7-21-24/h2-8,15-16,18,20,25H,9-12H2,1H3/t15-,16+,18+/m0/s1. The van der Waals surface area contributed by atoms with Gasteiger partial charge in [-0.25, -0.2) is 4.68 Å². The molecular weight excluding hydrogens is 330 g/mol. The van der Waals surface area contributed by atoms with Gasteiger partial charge in [-0.05, 0) is 49.4 Å². The van der Waals surface area contributed by atoms with Crippen LogP contribution in [0.2, 0.25) is 0 Å². The molecule has 7 heteroatoms. The molecule has 1 aliphatic carbocycles. The molecule has 1 aromatic carbocycles. The quantitative estimate of drug-likeness (QED) is 0.706. The van der Waals surface area contributed by atoms with Gasteiger partial charge < -0.3 is 14.9 Å². The van der Waals surface area contributed by atoms with Crippen LogP contribution >= 0.6 is 0 Å². The Morgan fingerprint density at radius 2 is 2.12 bits per heavy atom. The summed E-state index contributed by atoms with van der Waals surface area (Å²) in [7, 11) is 0. The first-order valence-corrected chi connectivity index (χ1v) is 8.97. The van der Waals surface area contributed by atoms with Crippen LogP contribution in [0.25, 0.3) is 5.69 Å². The van der Waals surface area contributed by atoms with E-state index < -0.39 is 0 Å². The molecule has 0 aliphatic heterocycles. The van der Waals surface area contributed by atoms with Gasteiger partial charge in [0.05, 0.1) is 11.8 Å². The molecule has 2 aromatic heterocycles. The van der Waals surface area contributed by atoms with Gasteiger partial charge in [-0.15, -0.1) is 0 Å². The number of hydrogen-bond donors (Lipinski definition) is 2. The summed E-state index contributed by atoms with van der Waals surface area (Å²) in [4.78, 5) is 4.30. The number of aromatic nitrogens is 4. The summed E-state index contributed by atoms with van der Waals surface area (Å²) in [6.07, 6.45) is 4.92. The van der Waals surface area contributed by atoms with Crippen molar-refractivity contribution in [3.8, 4) is 5.69 Å². The smallest absolute Gasteiger partial charge is 0.229 e. The van der Waals surface area contributed by atoms with E-state index in [0.29, 0.717) is 18.1 Å². The van der Waals surface area contributed by atoms with Crippen LogP contribution in [-0.4, -0.2) is 37.7 Å². The van der Waals surface area contributed by atoms with Crippen LogP contribution < -0.4 is 5.32 Å². The molecule has 136 valence electrons.